The van der Waals surface area contributed by atoms with Crippen molar-refractivity contribution >= 4 is 38.3 Å². The molecule has 0 aliphatic carbocycles. The molecule has 0 radical (unpaired) electrons. The van der Waals surface area contributed by atoms with E-state index < -0.39 is 0 Å². The lowest BCUT2D eigenvalue weighted by atomic mass is 10.1. The molecule has 2 aromatic carbocycles. The number of nitrogens with zero attached hydrogens (tertiary/aromatic N) is 1. The second kappa shape index (κ2) is 7.88. The summed E-state index contributed by atoms with van der Waals surface area (Å²) in [4.78, 5) is 18.4. The first-order chi connectivity index (χ1) is 12.5. The van der Waals surface area contributed by atoms with Crippen molar-refractivity contribution in [2.45, 2.75) is 6.92 Å². The van der Waals surface area contributed by atoms with Gasteiger partial charge in [0.05, 0.1) is 19.9 Å². The topological polar surface area (TPSA) is 60.5 Å². The van der Waals surface area contributed by atoms with Crippen LogP contribution in [0.5, 0.6) is 11.5 Å². The van der Waals surface area contributed by atoms with Crippen molar-refractivity contribution in [2.75, 3.05) is 19.5 Å². The van der Waals surface area contributed by atoms with E-state index in [1.807, 2.05) is 31.2 Å². The summed E-state index contributed by atoms with van der Waals surface area (Å²) >= 11 is 4.86. The summed E-state index contributed by atoms with van der Waals surface area (Å²) < 4.78 is 11.6. The summed E-state index contributed by atoms with van der Waals surface area (Å²) in [6, 6.07) is 13.1. The Hall–Kier alpha value is -2.38. The molecule has 0 spiro atoms. The smallest absolute Gasteiger partial charge is 0.265 e. The van der Waals surface area contributed by atoms with Gasteiger partial charge in [0.1, 0.15) is 17.1 Å². The van der Waals surface area contributed by atoms with E-state index in [-0.39, 0.29) is 5.91 Å². The zero-order valence-electron chi connectivity index (χ0n) is 14.5. The highest BCUT2D eigenvalue weighted by atomic mass is 79.9. The van der Waals surface area contributed by atoms with E-state index in [0.29, 0.717) is 22.2 Å². The van der Waals surface area contributed by atoms with Crippen LogP contribution in [0, 0.1) is 6.92 Å². The highest BCUT2D eigenvalue weighted by molar-refractivity contribution is 9.10. The van der Waals surface area contributed by atoms with Gasteiger partial charge in [-0.1, -0.05) is 34.1 Å². The van der Waals surface area contributed by atoms with Crippen LogP contribution in [0.2, 0.25) is 0 Å². The molecule has 0 unspecified atom stereocenters. The third-order valence-corrected chi connectivity index (χ3v) is 5.20. The second-order valence-electron chi connectivity index (χ2n) is 5.42. The Morgan fingerprint density at radius 2 is 1.69 bits per heavy atom. The highest BCUT2D eigenvalue weighted by Crippen LogP contribution is 2.33. The molecule has 1 heterocycles. The number of carbonyl (C=O) groups is 1. The van der Waals surface area contributed by atoms with Gasteiger partial charge in [-0.05, 0) is 31.2 Å². The minimum absolute atomic E-state index is 0.324. The van der Waals surface area contributed by atoms with Crippen LogP contribution >= 0.6 is 27.3 Å². The predicted octanol–water partition coefficient (Wildman–Crippen LogP) is 5.15. The van der Waals surface area contributed by atoms with Crippen LogP contribution in [0.1, 0.15) is 15.2 Å². The first kappa shape index (κ1) is 18.4. The maximum Gasteiger partial charge on any atom is 0.265 e. The molecular formula is C19H17BrN2O3S. The van der Waals surface area contributed by atoms with Crippen molar-refractivity contribution in [3.63, 3.8) is 0 Å². The average Bonchev–Trinajstić information content (AvgIpc) is 3.01. The van der Waals surface area contributed by atoms with E-state index in [1.165, 1.54) is 25.6 Å². The number of methoxy groups -OCH3 is 2. The molecule has 0 fully saturated rings. The molecule has 0 bridgehead atoms. The first-order valence-corrected chi connectivity index (χ1v) is 9.40. The Kier molecular flexibility index (Phi) is 5.58. The molecule has 3 rings (SSSR count). The van der Waals surface area contributed by atoms with E-state index in [1.54, 1.807) is 18.2 Å². The summed E-state index contributed by atoms with van der Waals surface area (Å²) in [5.74, 6) is 0.571. The van der Waals surface area contributed by atoms with Gasteiger partial charge in [0, 0.05) is 14.9 Å². The Balaban J connectivity index is 1.90. The third kappa shape index (κ3) is 3.73. The van der Waals surface area contributed by atoms with E-state index in [4.69, 9.17) is 9.47 Å². The molecule has 0 saturated heterocycles. The van der Waals surface area contributed by atoms with Gasteiger partial charge in [0.2, 0.25) is 0 Å². The Morgan fingerprint density at radius 1 is 1.08 bits per heavy atom. The number of thiazole rings is 1. The van der Waals surface area contributed by atoms with Crippen molar-refractivity contribution in [2.24, 2.45) is 0 Å². The maximum atomic E-state index is 12.8. The van der Waals surface area contributed by atoms with Gasteiger partial charge >= 0.3 is 0 Å². The number of nitrogens with one attached hydrogen (secondary N) is 1. The summed E-state index contributed by atoms with van der Waals surface area (Å²) in [6.45, 7) is 1.98. The molecule has 1 aromatic heterocycles. The van der Waals surface area contributed by atoms with E-state index in [2.05, 4.69) is 26.2 Å². The summed E-state index contributed by atoms with van der Waals surface area (Å²) in [6.07, 6.45) is 0. The SMILES string of the molecule is COc1cccc(OC)c1C(=O)Nc1nc(-c2ccc(Br)cc2)c(C)s1. The van der Waals surface area contributed by atoms with Crippen LogP contribution in [-0.4, -0.2) is 25.1 Å². The lowest BCUT2D eigenvalue weighted by molar-refractivity contribution is 0.102. The first-order valence-electron chi connectivity index (χ1n) is 7.79. The second-order valence-corrected chi connectivity index (χ2v) is 7.54. The van der Waals surface area contributed by atoms with E-state index in [0.717, 1.165) is 20.6 Å². The number of carbonyl (C=O) groups excluding carboxylic acids is 1. The van der Waals surface area contributed by atoms with E-state index >= 15 is 0 Å². The molecule has 7 heteroatoms. The number of halogens is 1. The van der Waals surface area contributed by atoms with Crippen molar-refractivity contribution in [1.29, 1.82) is 0 Å². The highest BCUT2D eigenvalue weighted by Gasteiger charge is 2.20. The maximum absolute atomic E-state index is 12.8. The van der Waals surface area contributed by atoms with Crippen molar-refractivity contribution in [1.82, 2.24) is 4.98 Å². The fourth-order valence-corrected chi connectivity index (χ4v) is 3.66. The van der Waals surface area contributed by atoms with Crippen LogP contribution in [0.4, 0.5) is 5.13 Å². The minimum atomic E-state index is -0.324. The lowest BCUT2D eigenvalue weighted by Crippen LogP contribution is -2.14. The summed E-state index contributed by atoms with van der Waals surface area (Å²) in [7, 11) is 3.04. The van der Waals surface area contributed by atoms with Gasteiger partial charge in [-0.15, -0.1) is 11.3 Å². The summed E-state index contributed by atoms with van der Waals surface area (Å²) in [5, 5.41) is 3.38. The number of hydrogen-bond donors (Lipinski definition) is 1. The standard InChI is InChI=1S/C19H17BrN2O3S/c1-11-17(12-7-9-13(20)10-8-12)21-19(26-11)22-18(23)16-14(24-2)5-4-6-15(16)25-3/h4-10H,1-3H3,(H,21,22,23). The van der Waals surface area contributed by atoms with E-state index in [9.17, 15) is 4.79 Å². The van der Waals surface area contributed by atoms with Crippen molar-refractivity contribution in [3.8, 4) is 22.8 Å². The number of anilines is 1. The number of ether oxygens (including phenoxy) is 2. The Morgan fingerprint density at radius 3 is 2.27 bits per heavy atom. The molecule has 1 amide bonds. The minimum Gasteiger partial charge on any atom is -0.496 e. The number of rotatable bonds is 5. The van der Waals surface area contributed by atoms with Crippen molar-refractivity contribution in [3.05, 3.63) is 57.4 Å². The van der Waals surface area contributed by atoms with Gasteiger partial charge in [0.25, 0.3) is 5.91 Å². The largest absolute Gasteiger partial charge is 0.496 e. The van der Waals surface area contributed by atoms with Gasteiger partial charge < -0.3 is 9.47 Å². The average molecular weight is 433 g/mol. The number of benzene rings is 2. The molecule has 134 valence electrons. The third-order valence-electron chi connectivity index (χ3n) is 3.79. The van der Waals surface area contributed by atoms with Gasteiger partial charge in [-0.2, -0.15) is 0 Å². The van der Waals surface area contributed by atoms with Crippen LogP contribution in [0.15, 0.2) is 46.9 Å². The molecule has 0 saturated carbocycles. The zero-order chi connectivity index (χ0) is 18.7. The lowest BCUT2D eigenvalue weighted by Gasteiger charge is -2.11. The monoisotopic (exact) mass is 432 g/mol. The van der Waals surface area contributed by atoms with Crippen LogP contribution in [0.25, 0.3) is 11.3 Å². The molecule has 26 heavy (non-hydrogen) atoms. The predicted molar refractivity (Wildman–Crippen MR) is 107 cm³/mol. The zero-order valence-corrected chi connectivity index (χ0v) is 16.9. The number of hydrogen-bond acceptors (Lipinski definition) is 5. The number of amides is 1. The molecule has 1 N–H and O–H groups in total. The van der Waals surface area contributed by atoms with Crippen LogP contribution < -0.4 is 14.8 Å². The molecular weight excluding hydrogens is 416 g/mol. The molecule has 0 aliphatic rings. The fraction of sp³-hybridized carbons (Fsp3) is 0.158. The van der Waals surface area contributed by atoms with Gasteiger partial charge in [0.15, 0.2) is 5.13 Å². The van der Waals surface area contributed by atoms with Crippen LogP contribution in [-0.2, 0) is 0 Å². The Labute approximate surface area is 164 Å². The Bertz CT molecular complexity index is 916. The number of aromatic nitrogens is 1. The fourth-order valence-electron chi connectivity index (χ4n) is 2.56. The van der Waals surface area contributed by atoms with Crippen LogP contribution in [0.3, 0.4) is 0 Å². The molecule has 5 nitrogen and oxygen atoms in total. The molecule has 0 aliphatic heterocycles. The molecule has 0 atom stereocenters. The summed E-state index contributed by atoms with van der Waals surface area (Å²) in [5.41, 5.74) is 2.19. The quantitative estimate of drug-likeness (QED) is 0.605. The number of aryl methyl sites for hydroxylation is 1. The van der Waals surface area contributed by atoms with Crippen molar-refractivity contribution < 1.29 is 14.3 Å². The normalized spacial score (nSPS) is 10.5. The van der Waals surface area contributed by atoms with Gasteiger partial charge in [-0.3, -0.25) is 10.1 Å². The van der Waals surface area contributed by atoms with Gasteiger partial charge in [-0.25, -0.2) is 4.98 Å². The molecule has 3 aromatic rings.